The number of anilines is 1. The number of hydrogen-bond donors (Lipinski definition) is 7. The zero-order chi connectivity index (χ0) is 32.3. The summed E-state index contributed by atoms with van der Waals surface area (Å²) in [5.41, 5.74) is 1.02. The maximum Gasteiger partial charge on any atom is 0.327 e. The SMILES string of the molecule is O=C(O)CN(CC(=O)O)Cc1cc(C#Cc2ccc(NC(=S)NC(CO)(CO)CO)cc2)cc(CN2CC(=O)OC(=O)C2)n1. The summed E-state index contributed by atoms with van der Waals surface area (Å²) in [7, 11) is 0. The summed E-state index contributed by atoms with van der Waals surface area (Å²) >= 11 is 5.20. The number of benzene rings is 1. The van der Waals surface area contributed by atoms with E-state index in [-0.39, 0.29) is 31.3 Å². The quantitative estimate of drug-likeness (QED) is 0.0570. The highest BCUT2D eigenvalue weighted by molar-refractivity contribution is 7.80. The number of carboxylic acid groups (broad SMARTS) is 2. The molecule has 234 valence electrons. The molecule has 3 rings (SSSR count). The molecule has 15 nitrogen and oxygen atoms in total. The fourth-order valence-electron chi connectivity index (χ4n) is 4.07. The first kappa shape index (κ1) is 34.0. The number of hydrogen-bond acceptors (Lipinski definition) is 12. The average Bonchev–Trinajstić information content (AvgIpc) is 2.94. The van der Waals surface area contributed by atoms with E-state index in [2.05, 4.69) is 32.2 Å². The smallest absolute Gasteiger partial charge is 0.327 e. The average molecular weight is 630 g/mol. The summed E-state index contributed by atoms with van der Waals surface area (Å²) in [5.74, 6) is 2.19. The van der Waals surface area contributed by atoms with Gasteiger partial charge in [0.05, 0.1) is 57.4 Å². The topological polar surface area (TPSA) is 222 Å². The molecule has 1 fully saturated rings. The van der Waals surface area contributed by atoms with Crippen molar-refractivity contribution in [2.24, 2.45) is 0 Å². The number of nitrogens with zero attached hydrogens (tertiary/aromatic N) is 3. The normalized spacial score (nSPS) is 13.5. The van der Waals surface area contributed by atoms with Gasteiger partial charge in [-0.2, -0.15) is 0 Å². The number of rotatable bonds is 13. The van der Waals surface area contributed by atoms with Crippen molar-refractivity contribution in [1.82, 2.24) is 20.1 Å². The van der Waals surface area contributed by atoms with E-state index in [0.29, 0.717) is 28.2 Å². The Morgan fingerprint density at radius 1 is 0.932 bits per heavy atom. The Kier molecular flexibility index (Phi) is 12.2. The van der Waals surface area contributed by atoms with Crippen molar-refractivity contribution in [3.8, 4) is 11.8 Å². The Hall–Kier alpha value is -4.50. The molecule has 1 saturated heterocycles. The number of carbonyl (C=O) groups excluding carboxylic acids is 2. The van der Waals surface area contributed by atoms with Crippen LogP contribution in [0.1, 0.15) is 22.5 Å². The van der Waals surface area contributed by atoms with Gasteiger partial charge in [0.25, 0.3) is 0 Å². The molecule has 0 radical (unpaired) electrons. The predicted molar refractivity (Wildman–Crippen MR) is 157 cm³/mol. The van der Waals surface area contributed by atoms with Crippen molar-refractivity contribution in [3.05, 3.63) is 58.9 Å². The molecule has 0 atom stereocenters. The molecule has 0 saturated carbocycles. The summed E-state index contributed by atoms with van der Waals surface area (Å²) in [4.78, 5) is 53.2. The highest BCUT2D eigenvalue weighted by Crippen LogP contribution is 2.14. The summed E-state index contributed by atoms with van der Waals surface area (Å²) in [6.07, 6.45) is 0. The highest BCUT2D eigenvalue weighted by atomic mass is 32.1. The number of thiocarbonyl (C=S) groups is 1. The van der Waals surface area contributed by atoms with Crippen LogP contribution in [0.4, 0.5) is 5.69 Å². The molecule has 0 unspecified atom stereocenters. The van der Waals surface area contributed by atoms with Gasteiger partial charge in [-0.25, -0.2) is 0 Å². The van der Waals surface area contributed by atoms with Gasteiger partial charge >= 0.3 is 23.9 Å². The van der Waals surface area contributed by atoms with Gasteiger partial charge < -0.3 is 40.9 Å². The number of ether oxygens (including phenoxy) is 1. The molecule has 1 aliphatic rings. The van der Waals surface area contributed by atoms with Gasteiger partial charge in [0.2, 0.25) is 0 Å². The van der Waals surface area contributed by atoms with Crippen LogP contribution in [0.3, 0.4) is 0 Å². The van der Waals surface area contributed by atoms with Crippen LogP contribution in [0.2, 0.25) is 0 Å². The lowest BCUT2D eigenvalue weighted by Crippen LogP contribution is -2.58. The van der Waals surface area contributed by atoms with E-state index in [1.165, 1.54) is 9.80 Å². The van der Waals surface area contributed by atoms with Gasteiger partial charge in [-0.05, 0) is 48.6 Å². The minimum absolute atomic E-state index is 0.0707. The number of morpholine rings is 1. The molecule has 0 amide bonds. The lowest BCUT2D eigenvalue weighted by molar-refractivity contribution is -0.167. The van der Waals surface area contributed by atoms with E-state index < -0.39 is 62.3 Å². The second-order valence-electron chi connectivity index (χ2n) is 9.92. The number of aliphatic carboxylic acids is 2. The zero-order valence-electron chi connectivity index (χ0n) is 23.4. The van der Waals surface area contributed by atoms with E-state index in [0.717, 1.165) is 0 Å². The first-order valence-electron chi connectivity index (χ1n) is 13.1. The number of pyridine rings is 1. The predicted octanol–water partition coefficient (Wildman–Crippen LogP) is -1.66. The van der Waals surface area contributed by atoms with Crippen LogP contribution in [0, 0.1) is 11.8 Å². The van der Waals surface area contributed by atoms with Crippen LogP contribution < -0.4 is 10.6 Å². The third-order valence-electron chi connectivity index (χ3n) is 6.13. The third kappa shape index (κ3) is 10.6. The van der Waals surface area contributed by atoms with Gasteiger partial charge in [0.1, 0.15) is 5.54 Å². The Morgan fingerprint density at radius 2 is 1.48 bits per heavy atom. The lowest BCUT2D eigenvalue weighted by atomic mass is 10.0. The van der Waals surface area contributed by atoms with Crippen LogP contribution in [0.25, 0.3) is 0 Å². The number of aliphatic hydroxyl groups is 3. The molecule has 2 heterocycles. The van der Waals surface area contributed by atoms with Gasteiger partial charge in [-0.1, -0.05) is 11.8 Å². The maximum atomic E-state index is 11.7. The van der Waals surface area contributed by atoms with E-state index in [4.69, 9.17) is 12.2 Å². The highest BCUT2D eigenvalue weighted by Gasteiger charge is 2.29. The Morgan fingerprint density at radius 3 is 2.02 bits per heavy atom. The molecule has 0 aliphatic carbocycles. The monoisotopic (exact) mass is 629 g/mol. The van der Waals surface area contributed by atoms with Gasteiger partial charge in [0.15, 0.2) is 5.11 Å². The lowest BCUT2D eigenvalue weighted by Gasteiger charge is -2.30. The molecule has 2 aromatic rings. The van der Waals surface area contributed by atoms with Crippen LogP contribution in [0.15, 0.2) is 36.4 Å². The van der Waals surface area contributed by atoms with Crippen LogP contribution in [-0.4, -0.2) is 121 Å². The molecule has 16 heteroatoms. The number of aromatic nitrogens is 1. The Bertz CT molecular complexity index is 1410. The molecule has 1 aromatic carbocycles. The molecule has 0 spiro atoms. The first-order chi connectivity index (χ1) is 20.9. The molecule has 44 heavy (non-hydrogen) atoms. The Labute approximate surface area is 257 Å². The van der Waals surface area contributed by atoms with E-state index in [1.54, 1.807) is 36.4 Å². The first-order valence-corrected chi connectivity index (χ1v) is 13.5. The largest absolute Gasteiger partial charge is 0.480 e. The number of carboxylic acids is 2. The number of carbonyl (C=O) groups is 4. The van der Waals surface area contributed by atoms with Crippen LogP contribution in [-0.2, 0) is 37.0 Å². The number of nitrogens with one attached hydrogen (secondary N) is 2. The van der Waals surface area contributed by atoms with Crippen molar-refractivity contribution in [2.75, 3.05) is 51.3 Å². The van der Waals surface area contributed by atoms with Crippen LogP contribution in [0.5, 0.6) is 0 Å². The molecule has 1 aliphatic heterocycles. The third-order valence-corrected chi connectivity index (χ3v) is 6.34. The van der Waals surface area contributed by atoms with Crippen molar-refractivity contribution in [3.63, 3.8) is 0 Å². The van der Waals surface area contributed by atoms with Crippen LogP contribution >= 0.6 is 12.2 Å². The van der Waals surface area contributed by atoms with Crippen molar-refractivity contribution in [1.29, 1.82) is 0 Å². The summed E-state index contributed by atoms with van der Waals surface area (Å²) in [6.45, 7) is -3.01. The maximum absolute atomic E-state index is 11.7. The van der Waals surface area contributed by atoms with Gasteiger partial charge in [-0.15, -0.1) is 0 Å². The second-order valence-corrected chi connectivity index (χ2v) is 10.3. The standard InChI is InChI=1S/C28H31N5O10S/c34-15-28(16-35,17-36)31-27(44)30-20-5-3-18(4-6-20)1-2-19-7-21(9-32(11-23(37)38)12-24(39)40)29-22(8-19)10-33-13-25(41)43-26(42)14-33/h3-8,34-36H,9-17H2,(H,37,38)(H,39,40)(H2,30,31,44). The minimum atomic E-state index is -1.39. The number of aliphatic hydroxyl groups excluding tert-OH is 3. The second kappa shape index (κ2) is 15.8. The summed E-state index contributed by atoms with van der Waals surface area (Å²) in [5, 5.41) is 52.4. The van der Waals surface area contributed by atoms with Gasteiger partial charge in [0, 0.05) is 29.9 Å². The fraction of sp³-hybridized carbons (Fsp3) is 0.357. The van der Waals surface area contributed by atoms with E-state index >= 15 is 0 Å². The zero-order valence-corrected chi connectivity index (χ0v) is 24.2. The molecule has 0 bridgehead atoms. The number of cyclic esters (lactones) is 2. The molecule has 1 aromatic heterocycles. The van der Waals surface area contributed by atoms with Crippen molar-refractivity contribution >= 4 is 46.9 Å². The minimum Gasteiger partial charge on any atom is -0.480 e. The summed E-state index contributed by atoms with van der Waals surface area (Å²) < 4.78 is 4.56. The van der Waals surface area contributed by atoms with Crippen molar-refractivity contribution < 1.29 is 49.4 Å². The van der Waals surface area contributed by atoms with Crippen molar-refractivity contribution in [2.45, 2.75) is 18.6 Å². The Balaban J connectivity index is 1.82. The molecule has 7 N–H and O–H groups in total. The van der Waals surface area contributed by atoms with E-state index in [9.17, 15) is 44.7 Å². The molecular weight excluding hydrogens is 598 g/mol. The van der Waals surface area contributed by atoms with E-state index in [1.807, 2.05) is 0 Å². The number of esters is 2. The summed E-state index contributed by atoms with van der Waals surface area (Å²) in [6, 6.07) is 10.0. The van der Waals surface area contributed by atoms with Gasteiger partial charge in [-0.3, -0.25) is 34.0 Å². The molecular formula is C28H31N5O10S. The fourth-order valence-corrected chi connectivity index (χ4v) is 4.40.